The van der Waals surface area contributed by atoms with Crippen molar-refractivity contribution in [2.45, 2.75) is 12.4 Å². The summed E-state index contributed by atoms with van der Waals surface area (Å²) in [5.74, 6) is 0. The number of rotatable bonds is 1. The normalized spacial score (nSPS) is 12.7. The quantitative estimate of drug-likeness (QED) is 0.525. The Morgan fingerprint density at radius 2 is 1.12 bits per heavy atom. The first-order chi connectivity index (χ1) is 7.14. The van der Waals surface area contributed by atoms with Gasteiger partial charge in [0, 0.05) is 0 Å². The minimum absolute atomic E-state index is 0.0625. The lowest BCUT2D eigenvalue weighted by molar-refractivity contribution is -0.142. The van der Waals surface area contributed by atoms with Crippen LogP contribution in [0.25, 0.3) is 0 Å². The molecular formula is C8H3BF7. The van der Waals surface area contributed by atoms with Crippen LogP contribution in [0.15, 0.2) is 18.2 Å². The van der Waals surface area contributed by atoms with Crippen LogP contribution in [0.3, 0.4) is 0 Å². The van der Waals surface area contributed by atoms with E-state index in [0.29, 0.717) is 12.1 Å². The summed E-state index contributed by atoms with van der Waals surface area (Å²) in [6.07, 6.45) is -9.89. The lowest BCUT2D eigenvalue weighted by Gasteiger charge is -2.12. The molecule has 0 N–H and O–H groups in total. The van der Waals surface area contributed by atoms with Crippen molar-refractivity contribution in [3.05, 3.63) is 29.3 Å². The summed E-state index contributed by atoms with van der Waals surface area (Å²) < 4.78 is 85.0. The van der Waals surface area contributed by atoms with Crippen molar-refractivity contribution in [3.8, 4) is 0 Å². The first kappa shape index (κ1) is 12.9. The molecule has 1 rings (SSSR count). The summed E-state index contributed by atoms with van der Waals surface area (Å²) in [5, 5.41) is 0. The summed E-state index contributed by atoms with van der Waals surface area (Å²) in [5.41, 5.74) is -3.85. The van der Waals surface area contributed by atoms with Gasteiger partial charge < -0.3 is 4.32 Å². The van der Waals surface area contributed by atoms with Crippen LogP contribution in [0.4, 0.5) is 30.7 Å². The van der Waals surface area contributed by atoms with Gasteiger partial charge in [0.2, 0.25) is 0 Å². The SMILES string of the molecule is F[B]c1cc(C(F)(F)F)cc(C(F)(F)F)c1. The van der Waals surface area contributed by atoms with Crippen LogP contribution < -0.4 is 5.46 Å². The van der Waals surface area contributed by atoms with E-state index in [4.69, 9.17) is 0 Å². The van der Waals surface area contributed by atoms with Crippen molar-refractivity contribution >= 4 is 13.0 Å². The highest BCUT2D eigenvalue weighted by molar-refractivity contribution is 6.46. The van der Waals surface area contributed by atoms with Gasteiger partial charge in [-0.25, -0.2) is 0 Å². The maximum Gasteiger partial charge on any atom is 0.416 e. The molecule has 1 aromatic rings. The molecule has 0 saturated carbocycles. The number of benzene rings is 1. The molecule has 0 amide bonds. The number of hydrogen-bond acceptors (Lipinski definition) is 0. The minimum Gasteiger partial charge on any atom is -0.335 e. The van der Waals surface area contributed by atoms with Gasteiger partial charge in [0.25, 0.3) is 0 Å². The highest BCUT2D eigenvalue weighted by Crippen LogP contribution is 2.34. The molecule has 0 aliphatic carbocycles. The molecular weight excluding hydrogens is 240 g/mol. The third-order valence-corrected chi connectivity index (χ3v) is 1.74. The van der Waals surface area contributed by atoms with Crippen molar-refractivity contribution in [1.82, 2.24) is 0 Å². The topological polar surface area (TPSA) is 0 Å². The van der Waals surface area contributed by atoms with Crippen LogP contribution in [0.2, 0.25) is 0 Å². The van der Waals surface area contributed by atoms with E-state index in [9.17, 15) is 30.7 Å². The Hall–Kier alpha value is -1.21. The van der Waals surface area contributed by atoms with E-state index in [2.05, 4.69) is 0 Å². The van der Waals surface area contributed by atoms with Gasteiger partial charge in [0.1, 0.15) is 0 Å². The standard InChI is InChI=1S/C8H3BF7/c10-7(11,12)4-1-5(8(13,14)15)3-6(2-4)9-16/h1-3H. The zero-order valence-electron chi connectivity index (χ0n) is 7.46. The summed E-state index contributed by atoms with van der Waals surface area (Å²) in [7, 11) is -0.315. The molecule has 1 radical (unpaired) electrons. The molecule has 0 aromatic heterocycles. The van der Waals surface area contributed by atoms with Gasteiger partial charge in [-0.05, 0) is 11.5 Å². The smallest absolute Gasteiger partial charge is 0.335 e. The fourth-order valence-electron chi connectivity index (χ4n) is 1.04. The fourth-order valence-corrected chi connectivity index (χ4v) is 1.04. The van der Waals surface area contributed by atoms with E-state index in [0.717, 1.165) is 0 Å². The summed E-state index contributed by atoms with van der Waals surface area (Å²) in [6.45, 7) is 0. The molecule has 8 heteroatoms. The van der Waals surface area contributed by atoms with Gasteiger partial charge in [0.05, 0.1) is 11.1 Å². The van der Waals surface area contributed by atoms with Crippen LogP contribution in [0.5, 0.6) is 0 Å². The third-order valence-electron chi connectivity index (χ3n) is 1.74. The largest absolute Gasteiger partial charge is 0.416 e. The third kappa shape index (κ3) is 2.90. The second kappa shape index (κ2) is 3.99. The van der Waals surface area contributed by atoms with Crippen molar-refractivity contribution in [1.29, 1.82) is 0 Å². The predicted octanol–water partition coefficient (Wildman–Crippen LogP) is 2.94. The molecule has 0 heterocycles. The van der Waals surface area contributed by atoms with E-state index in [1.165, 1.54) is 0 Å². The highest BCUT2D eigenvalue weighted by Gasteiger charge is 2.36. The second-order valence-electron chi connectivity index (χ2n) is 2.95. The molecule has 0 aliphatic heterocycles. The molecule has 16 heavy (non-hydrogen) atoms. The van der Waals surface area contributed by atoms with Crippen LogP contribution in [0.1, 0.15) is 11.1 Å². The average molecular weight is 243 g/mol. The number of halogens is 7. The lowest BCUT2D eigenvalue weighted by atomic mass is 9.88. The molecule has 0 spiro atoms. The Labute approximate surface area is 86.4 Å². The minimum atomic E-state index is -4.95. The molecule has 0 saturated heterocycles. The Morgan fingerprint density at radius 1 is 0.750 bits per heavy atom. The average Bonchev–Trinajstić information content (AvgIpc) is 2.14. The number of alkyl halides is 6. The predicted molar refractivity (Wildman–Crippen MR) is 42.9 cm³/mol. The van der Waals surface area contributed by atoms with Gasteiger partial charge >= 0.3 is 19.9 Å². The number of hydrogen-bond donors (Lipinski definition) is 0. The zero-order valence-corrected chi connectivity index (χ0v) is 7.46. The Balaban J connectivity index is 3.33. The molecule has 0 unspecified atom stereocenters. The fraction of sp³-hybridized carbons (Fsp3) is 0.250. The van der Waals surface area contributed by atoms with Gasteiger partial charge in [-0.15, -0.1) is 0 Å². The Bertz CT molecular complexity index is 347. The molecule has 0 bridgehead atoms. The van der Waals surface area contributed by atoms with E-state index in [-0.39, 0.29) is 13.6 Å². The zero-order chi connectivity index (χ0) is 12.6. The molecule has 0 nitrogen and oxygen atoms in total. The molecule has 0 aliphatic rings. The van der Waals surface area contributed by atoms with E-state index >= 15 is 0 Å². The monoisotopic (exact) mass is 243 g/mol. The summed E-state index contributed by atoms with van der Waals surface area (Å²) in [6, 6.07) is 0.539. The van der Waals surface area contributed by atoms with Gasteiger partial charge in [0.15, 0.2) is 0 Å². The van der Waals surface area contributed by atoms with Crippen molar-refractivity contribution < 1.29 is 30.7 Å². The van der Waals surface area contributed by atoms with E-state index < -0.39 is 28.9 Å². The highest BCUT2D eigenvalue weighted by atomic mass is 19.4. The van der Waals surface area contributed by atoms with E-state index in [1.54, 1.807) is 0 Å². The maximum atomic E-state index is 12.2. The Kier molecular flexibility index (Phi) is 3.21. The second-order valence-corrected chi connectivity index (χ2v) is 2.95. The van der Waals surface area contributed by atoms with Gasteiger partial charge in [-0.3, -0.25) is 0 Å². The molecule has 1 aromatic carbocycles. The maximum absolute atomic E-state index is 12.2. The van der Waals surface area contributed by atoms with Crippen molar-refractivity contribution in [2.24, 2.45) is 0 Å². The molecule has 0 atom stereocenters. The van der Waals surface area contributed by atoms with E-state index in [1.807, 2.05) is 0 Å². The first-order valence-corrected chi connectivity index (χ1v) is 3.87. The van der Waals surface area contributed by atoms with Crippen molar-refractivity contribution in [3.63, 3.8) is 0 Å². The van der Waals surface area contributed by atoms with Gasteiger partial charge in [-0.1, -0.05) is 12.1 Å². The van der Waals surface area contributed by atoms with Crippen LogP contribution in [-0.4, -0.2) is 7.56 Å². The van der Waals surface area contributed by atoms with Gasteiger partial charge in [-0.2, -0.15) is 26.3 Å². The van der Waals surface area contributed by atoms with Crippen LogP contribution in [0, 0.1) is 0 Å². The first-order valence-electron chi connectivity index (χ1n) is 3.87. The van der Waals surface area contributed by atoms with Crippen LogP contribution >= 0.6 is 0 Å². The van der Waals surface area contributed by atoms with Crippen LogP contribution in [-0.2, 0) is 12.4 Å². The lowest BCUT2D eigenvalue weighted by Crippen LogP contribution is -2.19. The summed E-state index contributed by atoms with van der Waals surface area (Å²) >= 11 is 0. The molecule has 0 fully saturated rings. The van der Waals surface area contributed by atoms with Crippen molar-refractivity contribution in [2.75, 3.05) is 0 Å². The molecule has 87 valence electrons. The summed E-state index contributed by atoms with van der Waals surface area (Å²) in [4.78, 5) is 0. The Morgan fingerprint density at radius 3 is 1.38 bits per heavy atom.